The highest BCUT2D eigenvalue weighted by molar-refractivity contribution is 5.89. The molecule has 1 aliphatic heterocycles. The first-order valence-corrected chi connectivity index (χ1v) is 8.08. The maximum Gasteiger partial charge on any atom is 0.335 e. The predicted octanol–water partition coefficient (Wildman–Crippen LogP) is 3.19. The molecule has 0 spiro atoms. The second-order valence-corrected chi connectivity index (χ2v) is 5.94. The quantitative estimate of drug-likeness (QED) is 0.905. The van der Waals surface area contributed by atoms with E-state index in [0.29, 0.717) is 11.1 Å². The second kappa shape index (κ2) is 7.34. The Morgan fingerprint density at radius 2 is 1.84 bits per heavy atom. The van der Waals surface area contributed by atoms with Crippen molar-refractivity contribution in [3.8, 4) is 16.9 Å². The summed E-state index contributed by atoms with van der Waals surface area (Å²) < 4.78 is 19.4. The Kier molecular flexibility index (Phi) is 4.97. The van der Waals surface area contributed by atoms with E-state index in [1.54, 1.807) is 23.1 Å². The molecule has 1 aliphatic rings. The highest BCUT2D eigenvalue weighted by Crippen LogP contribution is 2.26. The van der Waals surface area contributed by atoms with Crippen molar-refractivity contribution in [2.45, 2.75) is 12.8 Å². The number of halogens is 1. The number of carboxylic acids is 1. The van der Waals surface area contributed by atoms with E-state index in [1.165, 1.54) is 24.3 Å². The number of rotatable bonds is 5. The third-order valence-electron chi connectivity index (χ3n) is 4.14. The lowest BCUT2D eigenvalue weighted by Gasteiger charge is -2.16. The van der Waals surface area contributed by atoms with Gasteiger partial charge in [0, 0.05) is 19.2 Å². The van der Waals surface area contributed by atoms with Gasteiger partial charge in [0.2, 0.25) is 0 Å². The highest BCUT2D eigenvalue weighted by atomic mass is 19.1. The minimum absolute atomic E-state index is 0.115. The topological polar surface area (TPSA) is 66.8 Å². The first-order valence-electron chi connectivity index (χ1n) is 8.08. The van der Waals surface area contributed by atoms with Crippen LogP contribution in [-0.2, 0) is 4.79 Å². The van der Waals surface area contributed by atoms with E-state index >= 15 is 0 Å². The molecule has 1 N–H and O–H groups in total. The third kappa shape index (κ3) is 4.15. The molecule has 5 nitrogen and oxygen atoms in total. The van der Waals surface area contributed by atoms with Crippen LogP contribution < -0.4 is 4.74 Å². The molecular weight excluding hydrogens is 325 g/mol. The fraction of sp³-hybridized carbons (Fsp3) is 0.263. The van der Waals surface area contributed by atoms with Crippen LogP contribution in [0.1, 0.15) is 23.2 Å². The summed E-state index contributed by atoms with van der Waals surface area (Å²) in [6.07, 6.45) is 1.99. The standard InChI is InChI=1S/C19H18FNO4/c20-16-9-15(13-4-3-5-14(8-13)19(23)24)10-17(11-16)25-12-18(22)21-6-1-2-7-21/h3-5,8-11H,1-2,6-7,12H2,(H,23,24). The summed E-state index contributed by atoms with van der Waals surface area (Å²) in [5.41, 5.74) is 1.18. The van der Waals surface area contributed by atoms with Crippen LogP contribution in [0.5, 0.6) is 5.75 Å². The van der Waals surface area contributed by atoms with Crippen LogP contribution >= 0.6 is 0 Å². The van der Waals surface area contributed by atoms with E-state index in [-0.39, 0.29) is 23.8 Å². The smallest absolute Gasteiger partial charge is 0.335 e. The zero-order chi connectivity index (χ0) is 17.8. The van der Waals surface area contributed by atoms with Gasteiger partial charge in [-0.05, 0) is 48.2 Å². The van der Waals surface area contributed by atoms with E-state index in [1.807, 2.05) is 0 Å². The van der Waals surface area contributed by atoms with Crippen LogP contribution in [0.3, 0.4) is 0 Å². The molecule has 0 atom stereocenters. The van der Waals surface area contributed by atoms with Gasteiger partial charge in [0.05, 0.1) is 5.56 Å². The number of hydrogen-bond acceptors (Lipinski definition) is 3. The molecule has 3 rings (SSSR count). The molecule has 0 aliphatic carbocycles. The molecule has 1 saturated heterocycles. The van der Waals surface area contributed by atoms with Crippen LogP contribution in [-0.4, -0.2) is 41.6 Å². The fourth-order valence-corrected chi connectivity index (χ4v) is 2.85. The summed E-state index contributed by atoms with van der Waals surface area (Å²) in [6.45, 7) is 1.33. The zero-order valence-corrected chi connectivity index (χ0v) is 13.6. The van der Waals surface area contributed by atoms with Crippen molar-refractivity contribution in [2.24, 2.45) is 0 Å². The number of carboxylic acid groups (broad SMARTS) is 1. The van der Waals surface area contributed by atoms with Crippen molar-refractivity contribution in [2.75, 3.05) is 19.7 Å². The van der Waals surface area contributed by atoms with Gasteiger partial charge in [0.15, 0.2) is 6.61 Å². The molecule has 0 unspecified atom stereocenters. The lowest BCUT2D eigenvalue weighted by Crippen LogP contribution is -2.32. The van der Waals surface area contributed by atoms with Gasteiger partial charge in [0.25, 0.3) is 5.91 Å². The summed E-state index contributed by atoms with van der Waals surface area (Å²) in [5.74, 6) is -1.44. The number of hydrogen-bond donors (Lipinski definition) is 1. The Balaban J connectivity index is 1.77. The number of amides is 1. The Morgan fingerprint density at radius 1 is 1.08 bits per heavy atom. The molecule has 0 radical (unpaired) electrons. The van der Waals surface area contributed by atoms with Crippen molar-refractivity contribution < 1.29 is 23.8 Å². The number of benzene rings is 2. The summed E-state index contributed by atoms with van der Waals surface area (Å²) >= 11 is 0. The first-order chi connectivity index (χ1) is 12.0. The average molecular weight is 343 g/mol. The van der Waals surface area contributed by atoms with Gasteiger partial charge in [-0.3, -0.25) is 4.79 Å². The summed E-state index contributed by atoms with van der Waals surface area (Å²) in [7, 11) is 0. The first kappa shape index (κ1) is 17.0. The van der Waals surface area contributed by atoms with Crippen molar-refractivity contribution in [3.63, 3.8) is 0 Å². The van der Waals surface area contributed by atoms with E-state index in [4.69, 9.17) is 9.84 Å². The highest BCUT2D eigenvalue weighted by Gasteiger charge is 2.18. The third-order valence-corrected chi connectivity index (χ3v) is 4.14. The molecule has 1 amide bonds. The van der Waals surface area contributed by atoms with Crippen LogP contribution in [0.15, 0.2) is 42.5 Å². The van der Waals surface area contributed by atoms with E-state index in [2.05, 4.69) is 0 Å². The Labute approximate surface area is 144 Å². The Bertz CT molecular complexity index is 800. The normalized spacial score (nSPS) is 13.7. The Morgan fingerprint density at radius 3 is 2.56 bits per heavy atom. The summed E-state index contributed by atoms with van der Waals surface area (Å²) in [6, 6.07) is 10.3. The number of ether oxygens (including phenoxy) is 1. The van der Waals surface area contributed by atoms with Gasteiger partial charge in [-0.1, -0.05) is 12.1 Å². The van der Waals surface area contributed by atoms with Crippen LogP contribution in [0.2, 0.25) is 0 Å². The van der Waals surface area contributed by atoms with Crippen LogP contribution in [0.25, 0.3) is 11.1 Å². The predicted molar refractivity (Wildman–Crippen MR) is 90.1 cm³/mol. The van der Waals surface area contributed by atoms with E-state index in [0.717, 1.165) is 25.9 Å². The van der Waals surface area contributed by atoms with E-state index < -0.39 is 11.8 Å². The largest absolute Gasteiger partial charge is 0.484 e. The molecule has 0 aromatic heterocycles. The van der Waals surface area contributed by atoms with Gasteiger partial charge in [-0.2, -0.15) is 0 Å². The maximum absolute atomic E-state index is 13.9. The van der Waals surface area contributed by atoms with Gasteiger partial charge in [-0.15, -0.1) is 0 Å². The van der Waals surface area contributed by atoms with Crippen molar-refractivity contribution in [1.29, 1.82) is 0 Å². The molecule has 0 bridgehead atoms. The lowest BCUT2D eigenvalue weighted by atomic mass is 10.0. The Hall–Kier alpha value is -2.89. The van der Waals surface area contributed by atoms with Gasteiger partial charge in [-0.25, -0.2) is 9.18 Å². The average Bonchev–Trinajstić information content (AvgIpc) is 3.14. The molecule has 0 saturated carbocycles. The summed E-state index contributed by atoms with van der Waals surface area (Å²) in [5, 5.41) is 9.07. The molecule has 25 heavy (non-hydrogen) atoms. The lowest BCUT2D eigenvalue weighted by molar-refractivity contribution is -0.132. The molecule has 6 heteroatoms. The minimum Gasteiger partial charge on any atom is -0.484 e. The number of carbonyl (C=O) groups is 2. The molecule has 2 aromatic carbocycles. The van der Waals surface area contributed by atoms with E-state index in [9.17, 15) is 14.0 Å². The number of carbonyl (C=O) groups excluding carboxylic acids is 1. The minimum atomic E-state index is -1.05. The van der Waals surface area contributed by atoms with Crippen molar-refractivity contribution in [1.82, 2.24) is 4.90 Å². The molecule has 2 aromatic rings. The zero-order valence-electron chi connectivity index (χ0n) is 13.6. The molecule has 130 valence electrons. The molecule has 1 fully saturated rings. The maximum atomic E-state index is 13.9. The number of nitrogens with zero attached hydrogens (tertiary/aromatic N) is 1. The van der Waals surface area contributed by atoms with Gasteiger partial charge in [0.1, 0.15) is 11.6 Å². The number of likely N-dealkylation sites (tertiary alicyclic amines) is 1. The van der Waals surface area contributed by atoms with Crippen LogP contribution in [0.4, 0.5) is 4.39 Å². The second-order valence-electron chi connectivity index (χ2n) is 5.94. The SMILES string of the molecule is O=C(O)c1cccc(-c2cc(F)cc(OCC(=O)N3CCCC3)c2)c1. The summed E-state index contributed by atoms with van der Waals surface area (Å²) in [4.78, 5) is 24.8. The van der Waals surface area contributed by atoms with Gasteiger partial charge < -0.3 is 14.7 Å². The van der Waals surface area contributed by atoms with Crippen molar-refractivity contribution >= 4 is 11.9 Å². The van der Waals surface area contributed by atoms with Crippen LogP contribution in [0, 0.1) is 5.82 Å². The molecule has 1 heterocycles. The number of aromatic carboxylic acids is 1. The van der Waals surface area contributed by atoms with Gasteiger partial charge >= 0.3 is 5.97 Å². The fourth-order valence-electron chi connectivity index (χ4n) is 2.85. The van der Waals surface area contributed by atoms with Crippen molar-refractivity contribution in [3.05, 3.63) is 53.8 Å². The monoisotopic (exact) mass is 343 g/mol. The molecular formula is C19H18FNO4.